The predicted molar refractivity (Wildman–Crippen MR) is 626 cm³/mol. The molecule has 39 heteroatoms. The molecule has 0 bridgehead atoms. The molecule has 13 aliphatic rings. The Balaban J connectivity index is 0.000000355. The first-order valence-electron chi connectivity index (χ1n) is 47.8. The van der Waals surface area contributed by atoms with E-state index in [-0.39, 0.29) is 194 Å². The maximum atomic E-state index is 11.7. The molecular formula is C106H145B4I2MgNO22S8Zn. The fraction of sp³-hybridized carbons (Fsp3) is 0.425. The molecule has 3 spiro atoms. The van der Waals surface area contributed by atoms with Crippen molar-refractivity contribution in [2.45, 2.75) is 213 Å². The van der Waals surface area contributed by atoms with Gasteiger partial charge in [0.25, 0.3) is 0 Å². The van der Waals surface area contributed by atoms with Crippen molar-refractivity contribution >= 4 is 201 Å². The number of Topliss-reactive ketones (excluding diaryl/α,β-unsaturated/α-hetero) is 1. The minimum absolute atomic E-state index is 0. The van der Waals surface area contributed by atoms with Crippen molar-refractivity contribution in [3.63, 3.8) is 0 Å². The Labute approximate surface area is 960 Å². The number of carbonyl (C=O) groups is 1. The van der Waals surface area contributed by atoms with Gasteiger partial charge in [-0.2, -0.15) is 108 Å². The number of ether oxygens (including phenoxy) is 7. The van der Waals surface area contributed by atoms with Crippen LogP contribution in [-0.4, -0.2) is 161 Å². The molecule has 7 heterocycles. The third-order valence-electron chi connectivity index (χ3n) is 26.8. The summed E-state index contributed by atoms with van der Waals surface area (Å²) in [6, 6.07) is 91.0. The molecule has 6 aliphatic carbocycles. The SMILES string of the molecule is C1=C(B2O[C@@H](c3ccccc3)[C@H](c3ccccc3)O2)CCC2(C1)OCCO2.C1CCOC1.CC[C@H](N)c1ccccc1.ICI.O=C1CC[C@@]2(B3O[C@@H](c4ccccc4)[C@H](c4ccccc4)O3)C[C@H]2C1.O=[S](O)(=[Mg])OO.OB(O)C1=CCC2(CC1)OCCO2.O[C@@H](c1ccccc1)[C@@H](O)c1ccccc1.S.S.S.S.S.S.S.[CH2-]C.[CH2-]C.[Zn+2].c1ccc([C@@H]2OB([C@@]34CCC5(C[C@@H]3C4)OCCO5)O[C@H]2c2ccccc2)cc1. The molecule has 0 radical (unpaired) electrons. The zero-order valence-electron chi connectivity index (χ0n) is 83.0. The second kappa shape index (κ2) is 68.4. The van der Waals surface area contributed by atoms with Gasteiger partial charge in [-0.3, -0.25) is 4.79 Å². The van der Waals surface area contributed by atoms with E-state index in [0.717, 1.165) is 130 Å². The minimum atomic E-state index is -3.33. The molecule has 0 amide bonds. The van der Waals surface area contributed by atoms with Crippen LogP contribution in [0.5, 0.6) is 0 Å². The van der Waals surface area contributed by atoms with Crippen LogP contribution in [0.4, 0.5) is 0 Å². The van der Waals surface area contributed by atoms with E-state index < -0.39 is 38.2 Å². The second-order valence-electron chi connectivity index (χ2n) is 35.4. The van der Waals surface area contributed by atoms with Crippen LogP contribution < -0.4 is 5.73 Å². The average Bonchev–Trinajstić information content (AvgIpc) is 1.54. The summed E-state index contributed by atoms with van der Waals surface area (Å²) in [6.45, 7) is 18.2. The Bertz CT molecular complexity index is 5010. The van der Waals surface area contributed by atoms with Crippen LogP contribution >= 0.6 is 140 Å². The third kappa shape index (κ3) is 38.5. The molecule has 784 valence electrons. The number of allylic oxidation sites excluding steroid dienone is 2. The molecule has 23 nitrogen and oxygen atoms in total. The van der Waals surface area contributed by atoms with E-state index in [0.29, 0.717) is 95.0 Å². The Morgan fingerprint density at radius 3 is 1.01 bits per heavy atom. The largest absolute Gasteiger partial charge is 2.00 e. The van der Waals surface area contributed by atoms with Gasteiger partial charge in [-0.1, -0.05) is 337 Å². The number of ketones is 1. The first-order chi connectivity index (χ1) is 66.7. The van der Waals surface area contributed by atoms with Crippen LogP contribution in [-0.2, 0) is 97.0 Å². The van der Waals surface area contributed by atoms with Gasteiger partial charge >= 0.3 is 93.4 Å². The molecule has 22 rings (SSSR count). The Morgan fingerprint density at radius 1 is 0.434 bits per heavy atom. The van der Waals surface area contributed by atoms with Gasteiger partial charge in [0.2, 0.25) is 0 Å². The minimum Gasteiger partial charge on any atom is -0.423 e. The number of alkyl halides is 2. The van der Waals surface area contributed by atoms with Gasteiger partial charge in [-0.25, -0.2) is 0 Å². The van der Waals surface area contributed by atoms with E-state index in [9.17, 15) is 19.2 Å². The maximum Gasteiger partial charge on any atom is 2.00 e. The molecule has 14 atom stereocenters. The molecule has 9 aromatic carbocycles. The molecule has 1 unspecified atom stereocenters. The van der Waals surface area contributed by atoms with E-state index in [4.69, 9.17) is 86.7 Å². The van der Waals surface area contributed by atoms with E-state index >= 15 is 0 Å². The zero-order valence-corrected chi connectivity index (χ0v) is 99.5. The second-order valence-corrected chi connectivity index (χ2v) is 43.3. The van der Waals surface area contributed by atoms with Crippen LogP contribution in [0.15, 0.2) is 296 Å². The Morgan fingerprint density at radius 2 is 0.731 bits per heavy atom. The first kappa shape index (κ1) is 134. The van der Waals surface area contributed by atoms with Crippen molar-refractivity contribution in [2.75, 3.05) is 55.3 Å². The van der Waals surface area contributed by atoms with Crippen molar-refractivity contribution in [1.29, 1.82) is 0 Å². The molecule has 4 saturated carbocycles. The van der Waals surface area contributed by atoms with Gasteiger partial charge in [-0.05, 0) is 131 Å². The van der Waals surface area contributed by atoms with Crippen molar-refractivity contribution in [2.24, 2.45) is 17.6 Å². The van der Waals surface area contributed by atoms with Crippen LogP contribution in [0.2, 0.25) is 10.6 Å². The number of benzene rings is 9. The predicted octanol–water partition coefficient (Wildman–Crippen LogP) is 22.3. The monoisotopic (exact) mass is 2430 g/mol. The first-order valence-corrected chi connectivity index (χ1v) is 54.2. The average molecular weight is 2430 g/mol. The molecule has 145 heavy (non-hydrogen) atoms. The summed E-state index contributed by atoms with van der Waals surface area (Å²) in [7, 11) is -5.34. The summed E-state index contributed by atoms with van der Waals surface area (Å²) in [5, 5.41) is 45.4. The number of hydrogen-bond acceptors (Lipinski definition) is 22. The molecule has 8 N–H and O–H groups in total. The smallest absolute Gasteiger partial charge is 0.423 e. The number of fused-ring (bicyclic) bond motifs is 2. The van der Waals surface area contributed by atoms with Crippen LogP contribution in [0.25, 0.3) is 0 Å². The molecule has 7 aliphatic heterocycles. The Hall–Kier alpha value is -3.00. The summed E-state index contributed by atoms with van der Waals surface area (Å²) < 4.78 is 100. The molecule has 0 aromatic heterocycles. The number of halogens is 2. The van der Waals surface area contributed by atoms with Gasteiger partial charge in [-0.15, -0.1) is 0 Å². The van der Waals surface area contributed by atoms with Crippen LogP contribution in [0.3, 0.4) is 0 Å². The van der Waals surface area contributed by atoms with E-state index in [1.165, 1.54) is 37.4 Å². The number of hydrogen-bond donors (Lipinski definition) is 7. The molecule has 7 saturated heterocycles. The quantitative estimate of drug-likeness (QED) is 0.0118. The van der Waals surface area contributed by atoms with Crippen LogP contribution in [0, 0.1) is 25.7 Å². The van der Waals surface area contributed by atoms with Gasteiger partial charge in [0.05, 0.1) is 78.7 Å². The van der Waals surface area contributed by atoms with Crippen molar-refractivity contribution in [3.05, 3.63) is 360 Å². The maximum absolute atomic E-state index is 11.7. The number of rotatable bonds is 16. The number of aliphatic hydroxyl groups is 2. The Kier molecular flexibility index (Phi) is 63.3. The fourth-order valence-corrected chi connectivity index (χ4v) is 19.3. The third-order valence-corrected chi connectivity index (χ3v) is 27.3. The standard InChI is InChI=1S/C23H25BO4.C22H23BO4.C21H21BO3.C14H14O2.C9H13N.C8H13BO4.C4H8O.2C2H5.CH2I2.Mg.H2O4S.7H2S.Zn/c1-3-7-17(8-4-1)20-21(18-9-5-2-6-10-18)28-24(27-20)22-11-12-23(16-19(22)15-22)25-13-14-26-23;1-3-7-17(8-4-1)20-21(18-9-5-2-6-10-18)27-23(26-20)19-11-13-22(14-12-19)24-15-16-25-22;23-18-11-12-21(14-17(21)13-18)22-24-19(15-7-3-1-4-8-15)20(25-22)16-9-5-2-6-10-16;15-13(11-7-3-1-4-8-11)14(16)12-9-5-2-6-10-12;1-2-9(10)8-6-4-3-5-7-8;10-9(11)7-1-3-8(4-2-7)12-5-6-13-8;1-2-4-5-3-1;2*1-2;2-1-3;;1-4-5(2)3;;;;;;;;/h1-10,19-21H,11-16H2;1-11,20-21H,12-16H2;1-10,17,19-20H,11-14H2;1-10,13-16H;3-7,9H,2,10H2,1H3;1,10-11H,2-6H2;1-4H2;2*1H2,2H3;1H2;;1H,(H,2,3);7*1H2;/q;;;;;;;2*-1;;;;;;;;;;;+2/t19-,20-,21-,22+;20-,21-;17-,19+,20+,21-;13-,14-;9-;;;;;;;;;;;;;;;/m00100.............../s1. The number of carbonyl (C=O) groups excluding carboxylic acids is 1. The van der Waals surface area contributed by atoms with Crippen LogP contribution in [0.1, 0.15) is 235 Å². The summed E-state index contributed by atoms with van der Waals surface area (Å²) in [5.41, 5.74) is 17.3. The van der Waals surface area contributed by atoms with Crippen molar-refractivity contribution < 1.29 is 124 Å². The normalized spacial score (nSPS) is 24.5. The topological polar surface area (TPSA) is 311 Å². The molecule has 11 fully saturated rings. The molecular weight excluding hydrogens is 2280 g/mol. The summed E-state index contributed by atoms with van der Waals surface area (Å²) in [4.78, 5) is 11.7. The van der Waals surface area contributed by atoms with E-state index in [1.54, 1.807) is 44.2 Å². The van der Waals surface area contributed by atoms with Gasteiger partial charge in [0.15, 0.2) is 17.4 Å². The molecule has 9 aromatic rings. The van der Waals surface area contributed by atoms with Gasteiger partial charge < -0.3 is 101 Å². The van der Waals surface area contributed by atoms with E-state index in [1.807, 2.05) is 140 Å². The van der Waals surface area contributed by atoms with Gasteiger partial charge in [0, 0.05) is 81.3 Å². The summed E-state index contributed by atoms with van der Waals surface area (Å²) in [5.74, 6) is 0.203. The van der Waals surface area contributed by atoms with Gasteiger partial charge in [0.1, 0.15) is 18.0 Å². The fourth-order valence-electron chi connectivity index (χ4n) is 19.3. The summed E-state index contributed by atoms with van der Waals surface area (Å²) in [6.07, 6.45) is 17.1. The van der Waals surface area contributed by atoms with Crippen molar-refractivity contribution in [1.82, 2.24) is 0 Å². The zero-order chi connectivity index (χ0) is 97.1. The summed E-state index contributed by atoms with van der Waals surface area (Å²) >= 11 is 5.22. The number of nitrogens with two attached hydrogens (primary N) is 1. The van der Waals surface area contributed by atoms with Crippen molar-refractivity contribution in [3.8, 4) is 0 Å². The number of aliphatic hydroxyl groups excluding tert-OH is 2. The van der Waals surface area contributed by atoms with E-state index in [2.05, 4.69) is 186 Å².